The summed E-state index contributed by atoms with van der Waals surface area (Å²) in [6.07, 6.45) is -2.60. The van der Waals surface area contributed by atoms with E-state index in [1.807, 2.05) is 0 Å². The lowest BCUT2D eigenvalue weighted by Gasteiger charge is -2.16. The first-order chi connectivity index (χ1) is 10.9. The number of amides is 2. The van der Waals surface area contributed by atoms with Crippen LogP contribution in [0.4, 0.5) is 4.79 Å². The molecule has 0 bridgehead atoms. The number of hydroxylamine groups is 2. The van der Waals surface area contributed by atoms with Crippen LogP contribution in [0.2, 0.25) is 0 Å². The average Bonchev–Trinajstić information content (AvgIpc) is 2.79. The second-order valence-electron chi connectivity index (χ2n) is 4.83. The minimum absolute atomic E-state index is 0.0239. The molecule has 0 N–H and O–H groups in total. The highest BCUT2D eigenvalue weighted by atomic mass is 16.9. The fourth-order valence-electron chi connectivity index (χ4n) is 1.93. The molecule has 0 spiro atoms. The van der Waals surface area contributed by atoms with Crippen LogP contribution in [0.1, 0.15) is 35.7 Å². The van der Waals surface area contributed by atoms with Gasteiger partial charge in [0.1, 0.15) is 0 Å². The Hall–Kier alpha value is -2.90. The number of ether oxygens (including phenoxy) is 2. The fraction of sp³-hybridized carbons (Fsp3) is 0.333. The van der Waals surface area contributed by atoms with Crippen LogP contribution in [0.15, 0.2) is 24.3 Å². The average molecular weight is 321 g/mol. The number of rotatable bonds is 4. The van der Waals surface area contributed by atoms with Crippen molar-refractivity contribution in [3.63, 3.8) is 0 Å². The number of carbonyl (C=O) groups is 4. The maximum Gasteiger partial charge on any atom is 0.537 e. The van der Waals surface area contributed by atoms with Crippen molar-refractivity contribution >= 4 is 23.9 Å². The molecule has 1 saturated heterocycles. The zero-order valence-electron chi connectivity index (χ0n) is 12.6. The van der Waals surface area contributed by atoms with E-state index in [1.165, 1.54) is 6.92 Å². The normalized spacial score (nSPS) is 15.3. The summed E-state index contributed by atoms with van der Waals surface area (Å²) in [4.78, 5) is 50.5. The SMILES string of the molecule is Cc1ccccc1C(=O)OC(C)OC(=O)ON1C(=O)CCC1=O. The first kappa shape index (κ1) is 16.5. The third kappa shape index (κ3) is 4.06. The van der Waals surface area contributed by atoms with Gasteiger partial charge in [-0.3, -0.25) is 14.4 Å². The van der Waals surface area contributed by atoms with E-state index in [2.05, 4.69) is 4.84 Å². The fourth-order valence-corrected chi connectivity index (χ4v) is 1.93. The molecule has 1 unspecified atom stereocenters. The first-order valence-corrected chi connectivity index (χ1v) is 6.89. The van der Waals surface area contributed by atoms with Gasteiger partial charge in [-0.2, -0.15) is 0 Å². The molecule has 2 amide bonds. The largest absolute Gasteiger partial charge is 0.537 e. The standard InChI is InChI=1S/C15H15NO7/c1-9-5-3-4-6-11(9)14(19)21-10(2)22-15(20)23-16-12(17)7-8-13(16)18/h3-6,10H,7-8H2,1-2H3. The number of aryl methyl sites for hydroxylation is 1. The van der Waals surface area contributed by atoms with Crippen molar-refractivity contribution < 1.29 is 33.5 Å². The minimum Gasteiger partial charge on any atom is -0.422 e. The van der Waals surface area contributed by atoms with Crippen LogP contribution in [-0.2, 0) is 23.9 Å². The number of hydrogen-bond donors (Lipinski definition) is 0. The van der Waals surface area contributed by atoms with E-state index < -0.39 is 30.2 Å². The molecular formula is C15H15NO7. The van der Waals surface area contributed by atoms with Crippen molar-refractivity contribution in [1.82, 2.24) is 5.06 Å². The molecule has 2 rings (SSSR count). The van der Waals surface area contributed by atoms with Gasteiger partial charge in [0.05, 0.1) is 5.56 Å². The molecule has 1 aliphatic heterocycles. The van der Waals surface area contributed by atoms with Crippen LogP contribution in [0.25, 0.3) is 0 Å². The maximum atomic E-state index is 11.9. The third-order valence-corrected chi connectivity index (χ3v) is 3.07. The Kier molecular flexibility index (Phi) is 4.95. The highest BCUT2D eigenvalue weighted by molar-refractivity contribution is 6.01. The summed E-state index contributed by atoms with van der Waals surface area (Å²) in [5.74, 6) is -1.93. The van der Waals surface area contributed by atoms with Gasteiger partial charge in [0.2, 0.25) is 6.29 Å². The summed E-state index contributed by atoms with van der Waals surface area (Å²) in [5, 5.41) is 0.345. The molecule has 1 heterocycles. The zero-order chi connectivity index (χ0) is 17.0. The molecule has 0 aromatic heterocycles. The quantitative estimate of drug-likeness (QED) is 0.473. The van der Waals surface area contributed by atoms with Gasteiger partial charge in [-0.25, -0.2) is 9.59 Å². The molecule has 0 radical (unpaired) electrons. The van der Waals surface area contributed by atoms with Crippen molar-refractivity contribution in [2.45, 2.75) is 33.0 Å². The van der Waals surface area contributed by atoms with Crippen LogP contribution in [0.3, 0.4) is 0 Å². The van der Waals surface area contributed by atoms with E-state index in [9.17, 15) is 19.2 Å². The topological polar surface area (TPSA) is 99.2 Å². The predicted molar refractivity (Wildman–Crippen MR) is 74.7 cm³/mol. The van der Waals surface area contributed by atoms with E-state index in [4.69, 9.17) is 9.47 Å². The molecule has 0 saturated carbocycles. The van der Waals surface area contributed by atoms with Gasteiger partial charge in [0, 0.05) is 19.8 Å². The second-order valence-corrected chi connectivity index (χ2v) is 4.83. The third-order valence-electron chi connectivity index (χ3n) is 3.07. The summed E-state index contributed by atoms with van der Waals surface area (Å²) >= 11 is 0. The lowest BCUT2D eigenvalue weighted by atomic mass is 10.1. The molecule has 1 aromatic rings. The Balaban J connectivity index is 1.87. The summed E-state index contributed by atoms with van der Waals surface area (Å²) in [6.45, 7) is 3.05. The summed E-state index contributed by atoms with van der Waals surface area (Å²) in [5.41, 5.74) is 1.04. The van der Waals surface area contributed by atoms with Gasteiger partial charge in [-0.15, -0.1) is 0 Å². The van der Waals surface area contributed by atoms with Crippen molar-refractivity contribution in [2.24, 2.45) is 0 Å². The van der Waals surface area contributed by atoms with Crippen LogP contribution in [-0.4, -0.2) is 35.3 Å². The highest BCUT2D eigenvalue weighted by Crippen LogP contribution is 2.14. The van der Waals surface area contributed by atoms with Crippen molar-refractivity contribution in [3.05, 3.63) is 35.4 Å². The monoisotopic (exact) mass is 321 g/mol. The number of imide groups is 1. The molecule has 1 fully saturated rings. The minimum atomic E-state index is -1.31. The smallest absolute Gasteiger partial charge is 0.422 e. The summed E-state index contributed by atoms with van der Waals surface area (Å²) in [6, 6.07) is 6.76. The Bertz CT molecular complexity index is 639. The number of benzene rings is 1. The lowest BCUT2D eigenvalue weighted by Crippen LogP contribution is -2.34. The van der Waals surface area contributed by atoms with Gasteiger partial charge in [-0.05, 0) is 18.6 Å². The van der Waals surface area contributed by atoms with Gasteiger partial charge < -0.3 is 9.47 Å². The van der Waals surface area contributed by atoms with E-state index in [1.54, 1.807) is 31.2 Å². The summed E-state index contributed by atoms with van der Waals surface area (Å²) < 4.78 is 9.65. The number of hydrogen-bond acceptors (Lipinski definition) is 7. The number of esters is 1. The second kappa shape index (κ2) is 6.91. The van der Waals surface area contributed by atoms with Gasteiger partial charge in [0.25, 0.3) is 11.8 Å². The van der Waals surface area contributed by atoms with Crippen molar-refractivity contribution in [2.75, 3.05) is 0 Å². The Morgan fingerprint density at radius 3 is 2.30 bits per heavy atom. The Labute approximate surface area is 131 Å². The predicted octanol–water partition coefficient (Wildman–Crippen LogP) is 1.72. The van der Waals surface area contributed by atoms with Gasteiger partial charge in [-0.1, -0.05) is 23.3 Å². The van der Waals surface area contributed by atoms with Crippen LogP contribution >= 0.6 is 0 Å². The molecule has 122 valence electrons. The van der Waals surface area contributed by atoms with E-state index >= 15 is 0 Å². The molecule has 1 aliphatic rings. The number of nitrogens with zero attached hydrogens (tertiary/aromatic N) is 1. The Morgan fingerprint density at radius 1 is 1.09 bits per heavy atom. The molecular weight excluding hydrogens is 306 g/mol. The highest BCUT2D eigenvalue weighted by Gasteiger charge is 2.34. The molecule has 8 nitrogen and oxygen atoms in total. The van der Waals surface area contributed by atoms with Crippen molar-refractivity contribution in [1.29, 1.82) is 0 Å². The molecule has 23 heavy (non-hydrogen) atoms. The number of carbonyl (C=O) groups excluding carboxylic acids is 4. The van der Waals surface area contributed by atoms with E-state index in [0.717, 1.165) is 0 Å². The van der Waals surface area contributed by atoms with Gasteiger partial charge in [0.15, 0.2) is 0 Å². The van der Waals surface area contributed by atoms with Crippen molar-refractivity contribution in [3.8, 4) is 0 Å². The molecule has 8 heteroatoms. The Morgan fingerprint density at radius 2 is 1.70 bits per heavy atom. The van der Waals surface area contributed by atoms with Gasteiger partial charge >= 0.3 is 12.1 Å². The van der Waals surface area contributed by atoms with Crippen LogP contribution in [0, 0.1) is 6.92 Å². The lowest BCUT2D eigenvalue weighted by molar-refractivity contribution is -0.183. The van der Waals surface area contributed by atoms with Crippen LogP contribution < -0.4 is 0 Å². The first-order valence-electron chi connectivity index (χ1n) is 6.89. The summed E-state index contributed by atoms with van der Waals surface area (Å²) in [7, 11) is 0. The van der Waals surface area contributed by atoms with E-state index in [-0.39, 0.29) is 12.8 Å². The molecule has 0 aliphatic carbocycles. The van der Waals surface area contributed by atoms with Crippen LogP contribution in [0.5, 0.6) is 0 Å². The molecule has 1 atom stereocenters. The zero-order valence-corrected chi connectivity index (χ0v) is 12.6. The maximum absolute atomic E-state index is 11.9. The van der Waals surface area contributed by atoms with E-state index in [0.29, 0.717) is 16.2 Å². The molecule has 1 aromatic carbocycles.